The molecule has 21 heavy (non-hydrogen) atoms. The SMILES string of the molecule is CC(=O)NC(Cn1[nH]c(=O)c2ccccc2c1=O)C(=O)O. The zero-order valence-electron chi connectivity index (χ0n) is 11.1. The number of aromatic amines is 1. The predicted octanol–water partition coefficient (Wildman–Crippen LogP) is -0.721. The molecule has 1 amide bonds. The highest BCUT2D eigenvalue weighted by Gasteiger charge is 2.20. The van der Waals surface area contributed by atoms with Crippen LogP contribution in [0.25, 0.3) is 10.8 Å². The van der Waals surface area contributed by atoms with E-state index in [0.717, 1.165) is 4.68 Å². The second-order valence-electron chi connectivity index (χ2n) is 4.49. The molecular weight excluding hydrogens is 278 g/mol. The molecule has 0 radical (unpaired) electrons. The molecule has 1 heterocycles. The molecule has 110 valence electrons. The second kappa shape index (κ2) is 5.61. The highest BCUT2D eigenvalue weighted by atomic mass is 16.4. The number of rotatable bonds is 4. The van der Waals surface area contributed by atoms with Crippen LogP contribution in [0.1, 0.15) is 6.92 Å². The van der Waals surface area contributed by atoms with Gasteiger partial charge in [0.15, 0.2) is 0 Å². The van der Waals surface area contributed by atoms with E-state index in [9.17, 15) is 19.2 Å². The summed E-state index contributed by atoms with van der Waals surface area (Å²) in [6, 6.07) is 4.91. The summed E-state index contributed by atoms with van der Waals surface area (Å²) in [4.78, 5) is 46.1. The summed E-state index contributed by atoms with van der Waals surface area (Å²) in [5.74, 6) is -1.84. The van der Waals surface area contributed by atoms with E-state index in [1.165, 1.54) is 19.1 Å². The van der Waals surface area contributed by atoms with Crippen molar-refractivity contribution >= 4 is 22.6 Å². The molecular formula is C13H13N3O5. The number of hydrogen-bond donors (Lipinski definition) is 3. The van der Waals surface area contributed by atoms with Crippen molar-refractivity contribution in [2.45, 2.75) is 19.5 Å². The number of nitrogens with one attached hydrogen (secondary N) is 2. The van der Waals surface area contributed by atoms with Crippen LogP contribution in [-0.2, 0) is 16.1 Å². The Balaban J connectivity index is 2.49. The molecule has 2 aromatic rings. The highest BCUT2D eigenvalue weighted by molar-refractivity contribution is 5.82. The van der Waals surface area contributed by atoms with Crippen LogP contribution < -0.4 is 16.4 Å². The van der Waals surface area contributed by atoms with Crippen LogP contribution in [0, 0.1) is 0 Å². The van der Waals surface area contributed by atoms with Crippen molar-refractivity contribution < 1.29 is 14.7 Å². The van der Waals surface area contributed by atoms with Crippen LogP contribution in [0.4, 0.5) is 0 Å². The average Bonchev–Trinajstić information content (AvgIpc) is 2.43. The Morgan fingerprint density at radius 2 is 1.90 bits per heavy atom. The van der Waals surface area contributed by atoms with E-state index in [2.05, 4.69) is 10.4 Å². The van der Waals surface area contributed by atoms with Gasteiger partial charge in [0.1, 0.15) is 6.04 Å². The van der Waals surface area contributed by atoms with Gasteiger partial charge in [0.2, 0.25) is 5.91 Å². The van der Waals surface area contributed by atoms with E-state index in [1.807, 2.05) is 0 Å². The third-order valence-corrected chi connectivity index (χ3v) is 2.92. The van der Waals surface area contributed by atoms with Crippen molar-refractivity contribution in [3.8, 4) is 0 Å². The van der Waals surface area contributed by atoms with Gasteiger partial charge in [-0.2, -0.15) is 0 Å². The monoisotopic (exact) mass is 291 g/mol. The Labute approximate surface area is 118 Å². The lowest BCUT2D eigenvalue weighted by Crippen LogP contribution is -2.46. The van der Waals surface area contributed by atoms with Crippen molar-refractivity contribution in [2.75, 3.05) is 0 Å². The molecule has 1 aromatic heterocycles. The van der Waals surface area contributed by atoms with E-state index >= 15 is 0 Å². The van der Waals surface area contributed by atoms with Gasteiger partial charge in [0.25, 0.3) is 11.1 Å². The first-order valence-electron chi connectivity index (χ1n) is 6.12. The number of aromatic nitrogens is 2. The lowest BCUT2D eigenvalue weighted by atomic mass is 10.2. The zero-order valence-corrected chi connectivity index (χ0v) is 11.1. The van der Waals surface area contributed by atoms with E-state index < -0.39 is 29.0 Å². The Morgan fingerprint density at radius 1 is 1.29 bits per heavy atom. The Morgan fingerprint density at radius 3 is 2.48 bits per heavy atom. The van der Waals surface area contributed by atoms with Gasteiger partial charge in [-0.25, -0.2) is 9.48 Å². The predicted molar refractivity (Wildman–Crippen MR) is 74.1 cm³/mol. The molecule has 2 rings (SSSR count). The molecule has 0 aliphatic carbocycles. The topological polar surface area (TPSA) is 121 Å². The molecule has 0 saturated carbocycles. The Bertz CT molecular complexity index is 820. The fourth-order valence-corrected chi connectivity index (χ4v) is 1.99. The largest absolute Gasteiger partial charge is 0.480 e. The number of amides is 1. The molecule has 1 unspecified atom stereocenters. The van der Waals surface area contributed by atoms with E-state index in [1.54, 1.807) is 12.1 Å². The smallest absolute Gasteiger partial charge is 0.328 e. The van der Waals surface area contributed by atoms with E-state index in [0.29, 0.717) is 0 Å². The summed E-state index contributed by atoms with van der Waals surface area (Å²) in [6.07, 6.45) is 0. The van der Waals surface area contributed by atoms with Crippen molar-refractivity contribution in [1.82, 2.24) is 15.1 Å². The molecule has 0 saturated heterocycles. The number of hydrogen-bond acceptors (Lipinski definition) is 4. The van der Waals surface area contributed by atoms with Crippen LogP contribution in [0.5, 0.6) is 0 Å². The van der Waals surface area contributed by atoms with Crippen LogP contribution in [-0.4, -0.2) is 32.8 Å². The Kier molecular flexibility index (Phi) is 3.88. The summed E-state index contributed by atoms with van der Waals surface area (Å²) in [5, 5.41) is 14.0. The quantitative estimate of drug-likeness (QED) is 0.686. The molecule has 1 aromatic carbocycles. The van der Waals surface area contributed by atoms with Crippen LogP contribution >= 0.6 is 0 Å². The highest BCUT2D eigenvalue weighted by Crippen LogP contribution is 2.02. The maximum Gasteiger partial charge on any atom is 0.328 e. The van der Waals surface area contributed by atoms with Crippen molar-refractivity contribution in [3.63, 3.8) is 0 Å². The summed E-state index contributed by atoms with van der Waals surface area (Å²) in [5.41, 5.74) is -1.03. The van der Waals surface area contributed by atoms with Crippen molar-refractivity contribution in [1.29, 1.82) is 0 Å². The van der Waals surface area contributed by atoms with Gasteiger partial charge >= 0.3 is 5.97 Å². The zero-order chi connectivity index (χ0) is 15.6. The fourth-order valence-electron chi connectivity index (χ4n) is 1.99. The van der Waals surface area contributed by atoms with Gasteiger partial charge < -0.3 is 10.4 Å². The van der Waals surface area contributed by atoms with Crippen LogP contribution in [0.3, 0.4) is 0 Å². The normalized spacial score (nSPS) is 12.0. The third kappa shape index (κ3) is 2.99. The molecule has 0 aliphatic rings. The van der Waals surface area contributed by atoms with Gasteiger partial charge in [0.05, 0.1) is 17.3 Å². The first kappa shape index (κ1) is 14.5. The lowest BCUT2D eigenvalue weighted by molar-refractivity contribution is -0.142. The number of carboxylic acid groups (broad SMARTS) is 1. The number of carbonyl (C=O) groups is 2. The lowest BCUT2D eigenvalue weighted by Gasteiger charge is -2.14. The van der Waals surface area contributed by atoms with Gasteiger partial charge in [-0.15, -0.1) is 0 Å². The summed E-state index contributed by atoms with van der Waals surface area (Å²) >= 11 is 0. The van der Waals surface area contributed by atoms with Gasteiger partial charge in [-0.3, -0.25) is 19.5 Å². The minimum atomic E-state index is -1.31. The summed E-state index contributed by atoms with van der Waals surface area (Å²) < 4.78 is 0.888. The van der Waals surface area contributed by atoms with Crippen molar-refractivity contribution in [2.24, 2.45) is 0 Å². The van der Waals surface area contributed by atoms with Gasteiger partial charge in [-0.05, 0) is 12.1 Å². The number of carbonyl (C=O) groups excluding carboxylic acids is 1. The standard InChI is InChI=1S/C13H13N3O5/c1-7(17)14-10(13(20)21)6-16-12(19)9-5-3-2-4-8(9)11(18)15-16/h2-5,10H,6H2,1H3,(H,14,17)(H,15,18)(H,20,21). The van der Waals surface area contributed by atoms with Gasteiger partial charge in [0, 0.05) is 6.92 Å². The number of H-pyrrole nitrogens is 1. The number of nitrogens with zero attached hydrogens (tertiary/aromatic N) is 1. The molecule has 0 bridgehead atoms. The van der Waals surface area contributed by atoms with Crippen molar-refractivity contribution in [3.05, 3.63) is 45.0 Å². The van der Waals surface area contributed by atoms with Gasteiger partial charge in [-0.1, -0.05) is 12.1 Å². The second-order valence-corrected chi connectivity index (χ2v) is 4.49. The maximum absolute atomic E-state index is 12.2. The maximum atomic E-state index is 12.2. The minimum absolute atomic E-state index is 0.188. The van der Waals surface area contributed by atoms with Crippen LogP contribution in [0.2, 0.25) is 0 Å². The molecule has 3 N–H and O–H groups in total. The molecule has 0 spiro atoms. The number of carboxylic acids is 1. The van der Waals surface area contributed by atoms with E-state index in [-0.39, 0.29) is 17.3 Å². The summed E-state index contributed by atoms with van der Waals surface area (Å²) in [7, 11) is 0. The number of aliphatic carboxylic acids is 1. The minimum Gasteiger partial charge on any atom is -0.480 e. The Hall–Kier alpha value is -2.90. The van der Waals surface area contributed by atoms with Crippen LogP contribution in [0.15, 0.2) is 33.9 Å². The third-order valence-electron chi connectivity index (χ3n) is 2.92. The number of fused-ring (bicyclic) bond motifs is 1. The molecule has 0 fully saturated rings. The fraction of sp³-hybridized carbons (Fsp3) is 0.231. The van der Waals surface area contributed by atoms with E-state index in [4.69, 9.17) is 5.11 Å². The molecule has 8 heteroatoms. The molecule has 1 atom stereocenters. The first-order valence-corrected chi connectivity index (χ1v) is 6.12. The summed E-state index contributed by atoms with van der Waals surface area (Å²) in [6.45, 7) is 0.801. The average molecular weight is 291 g/mol. The number of benzene rings is 1. The molecule has 0 aliphatic heterocycles. The molecule has 8 nitrogen and oxygen atoms in total. The first-order chi connectivity index (χ1) is 9.90.